The average molecular weight is 335 g/mol. The van der Waals surface area contributed by atoms with Gasteiger partial charge in [-0.15, -0.1) is 0 Å². The van der Waals surface area contributed by atoms with Crippen molar-refractivity contribution in [3.8, 4) is 0 Å². The highest BCUT2D eigenvalue weighted by Crippen LogP contribution is 2.19. The SMILES string of the molecule is O=C(NCC(O)C(O)c1ccc(C(=O)O)o1)OCc1ccccc1. The summed E-state index contributed by atoms with van der Waals surface area (Å²) in [4.78, 5) is 22.2. The summed E-state index contributed by atoms with van der Waals surface area (Å²) in [5, 5.41) is 30.7. The molecule has 0 spiro atoms. The lowest BCUT2D eigenvalue weighted by molar-refractivity contribution is 0.00503. The summed E-state index contributed by atoms with van der Waals surface area (Å²) < 4.78 is 9.84. The molecule has 8 heteroatoms. The van der Waals surface area contributed by atoms with Crippen molar-refractivity contribution in [3.63, 3.8) is 0 Å². The quantitative estimate of drug-likeness (QED) is 0.600. The lowest BCUT2D eigenvalue weighted by atomic mass is 10.1. The second-order valence-corrected chi connectivity index (χ2v) is 4.96. The van der Waals surface area contributed by atoms with Crippen LogP contribution >= 0.6 is 0 Å². The Balaban J connectivity index is 1.77. The van der Waals surface area contributed by atoms with Gasteiger partial charge in [0, 0.05) is 6.54 Å². The lowest BCUT2D eigenvalue weighted by Crippen LogP contribution is -2.35. The Hall–Kier alpha value is -2.84. The molecule has 0 saturated heterocycles. The minimum Gasteiger partial charge on any atom is -0.475 e. The predicted molar refractivity (Wildman–Crippen MR) is 81.3 cm³/mol. The molecular weight excluding hydrogens is 318 g/mol. The zero-order valence-electron chi connectivity index (χ0n) is 12.6. The molecule has 128 valence electrons. The number of rotatable bonds is 7. The molecule has 2 unspecified atom stereocenters. The third kappa shape index (κ3) is 4.83. The Bertz CT molecular complexity index is 683. The number of aliphatic hydroxyl groups excluding tert-OH is 2. The third-order valence-corrected chi connectivity index (χ3v) is 3.16. The van der Waals surface area contributed by atoms with E-state index in [1.165, 1.54) is 6.07 Å². The molecule has 0 aliphatic heterocycles. The first-order chi connectivity index (χ1) is 11.5. The molecule has 0 aliphatic rings. The average Bonchev–Trinajstić information content (AvgIpc) is 3.08. The van der Waals surface area contributed by atoms with E-state index in [1.807, 2.05) is 18.2 Å². The van der Waals surface area contributed by atoms with Crippen LogP contribution in [0.2, 0.25) is 0 Å². The fourth-order valence-corrected chi connectivity index (χ4v) is 1.89. The van der Waals surface area contributed by atoms with Crippen molar-refractivity contribution in [1.82, 2.24) is 5.32 Å². The fourth-order valence-electron chi connectivity index (χ4n) is 1.89. The number of carbonyl (C=O) groups excluding carboxylic acids is 1. The Morgan fingerprint density at radius 2 is 1.83 bits per heavy atom. The Morgan fingerprint density at radius 1 is 1.12 bits per heavy atom. The van der Waals surface area contributed by atoms with Gasteiger partial charge >= 0.3 is 12.1 Å². The second-order valence-electron chi connectivity index (χ2n) is 4.96. The number of carbonyl (C=O) groups is 2. The molecule has 0 radical (unpaired) electrons. The second kappa shape index (κ2) is 8.14. The van der Waals surface area contributed by atoms with Crippen LogP contribution in [-0.2, 0) is 11.3 Å². The lowest BCUT2D eigenvalue weighted by Gasteiger charge is -2.16. The van der Waals surface area contributed by atoms with Gasteiger partial charge in [0.1, 0.15) is 24.6 Å². The molecule has 1 amide bonds. The predicted octanol–water partition coefficient (Wildman–Crippen LogP) is 1.30. The fraction of sp³-hybridized carbons (Fsp3) is 0.250. The van der Waals surface area contributed by atoms with E-state index in [2.05, 4.69) is 5.32 Å². The number of furan rings is 1. The topological polar surface area (TPSA) is 129 Å². The number of amides is 1. The number of carboxylic acids is 1. The van der Waals surface area contributed by atoms with Crippen molar-refractivity contribution in [3.05, 3.63) is 59.5 Å². The number of nitrogens with one attached hydrogen (secondary N) is 1. The van der Waals surface area contributed by atoms with Crippen molar-refractivity contribution in [2.45, 2.75) is 18.8 Å². The maximum absolute atomic E-state index is 11.5. The Morgan fingerprint density at radius 3 is 2.46 bits per heavy atom. The molecular formula is C16H17NO7. The van der Waals surface area contributed by atoms with Crippen LogP contribution in [0, 0.1) is 0 Å². The summed E-state index contributed by atoms with van der Waals surface area (Å²) in [6.45, 7) is -0.219. The first-order valence-electron chi connectivity index (χ1n) is 7.11. The molecule has 2 rings (SSSR count). The standard InChI is InChI=1S/C16H17NO7/c18-11(14(19)12-6-7-13(24-12)15(20)21)8-17-16(22)23-9-10-4-2-1-3-5-10/h1-7,11,14,18-19H,8-9H2,(H,17,22)(H,20,21). The number of aromatic carboxylic acids is 1. The van der Waals surface area contributed by atoms with Crippen molar-refractivity contribution in [1.29, 1.82) is 0 Å². The van der Waals surface area contributed by atoms with Gasteiger partial charge in [0.05, 0.1) is 0 Å². The van der Waals surface area contributed by atoms with Crippen LogP contribution in [0.3, 0.4) is 0 Å². The number of benzene rings is 1. The van der Waals surface area contributed by atoms with Gasteiger partial charge in [-0.2, -0.15) is 0 Å². The number of hydrogen-bond acceptors (Lipinski definition) is 6. The van der Waals surface area contributed by atoms with E-state index in [0.717, 1.165) is 11.6 Å². The van der Waals surface area contributed by atoms with Crippen LogP contribution in [0.25, 0.3) is 0 Å². The molecule has 2 aromatic rings. The van der Waals surface area contributed by atoms with Crippen LogP contribution in [0.15, 0.2) is 46.9 Å². The van der Waals surface area contributed by atoms with E-state index in [0.29, 0.717) is 0 Å². The Kier molecular flexibility index (Phi) is 5.94. The summed E-state index contributed by atoms with van der Waals surface area (Å²) in [7, 11) is 0. The van der Waals surface area contributed by atoms with Gasteiger partial charge in [-0.25, -0.2) is 9.59 Å². The maximum Gasteiger partial charge on any atom is 0.407 e. The molecule has 0 saturated carbocycles. The van der Waals surface area contributed by atoms with Gasteiger partial charge in [-0.3, -0.25) is 0 Å². The van der Waals surface area contributed by atoms with E-state index >= 15 is 0 Å². The molecule has 0 bridgehead atoms. The molecule has 1 heterocycles. The zero-order chi connectivity index (χ0) is 17.5. The maximum atomic E-state index is 11.5. The number of ether oxygens (including phenoxy) is 1. The minimum atomic E-state index is -1.48. The molecule has 8 nitrogen and oxygen atoms in total. The van der Waals surface area contributed by atoms with E-state index in [1.54, 1.807) is 12.1 Å². The first kappa shape index (κ1) is 17.5. The molecule has 4 N–H and O–H groups in total. The van der Waals surface area contributed by atoms with Crippen molar-refractivity contribution >= 4 is 12.1 Å². The third-order valence-electron chi connectivity index (χ3n) is 3.16. The number of hydrogen-bond donors (Lipinski definition) is 4. The number of alkyl carbamates (subject to hydrolysis) is 1. The summed E-state index contributed by atoms with van der Waals surface area (Å²) in [5.74, 6) is -1.75. The first-order valence-corrected chi connectivity index (χ1v) is 7.11. The summed E-state index contributed by atoms with van der Waals surface area (Å²) in [5.41, 5.74) is 0.810. The van der Waals surface area contributed by atoms with Crippen molar-refractivity contribution in [2.24, 2.45) is 0 Å². The van der Waals surface area contributed by atoms with Crippen molar-refractivity contribution in [2.75, 3.05) is 6.54 Å². The highest BCUT2D eigenvalue weighted by Gasteiger charge is 2.23. The normalized spacial score (nSPS) is 13.1. The van der Waals surface area contributed by atoms with Gasteiger partial charge in [-0.1, -0.05) is 30.3 Å². The molecule has 2 atom stereocenters. The number of carboxylic acid groups (broad SMARTS) is 1. The summed E-state index contributed by atoms with van der Waals surface area (Å²) >= 11 is 0. The monoisotopic (exact) mass is 335 g/mol. The smallest absolute Gasteiger partial charge is 0.407 e. The highest BCUT2D eigenvalue weighted by molar-refractivity contribution is 5.84. The summed E-state index contributed by atoms with van der Waals surface area (Å²) in [6, 6.07) is 11.5. The van der Waals surface area contributed by atoms with Gasteiger partial charge < -0.3 is 29.8 Å². The van der Waals surface area contributed by atoms with Gasteiger partial charge in [0.2, 0.25) is 5.76 Å². The Labute approximate surface area is 137 Å². The van der Waals surface area contributed by atoms with Gasteiger partial charge in [-0.05, 0) is 17.7 Å². The van der Waals surface area contributed by atoms with Gasteiger partial charge in [0.25, 0.3) is 0 Å². The van der Waals surface area contributed by atoms with E-state index < -0.39 is 24.3 Å². The molecule has 0 aliphatic carbocycles. The molecule has 24 heavy (non-hydrogen) atoms. The van der Waals surface area contributed by atoms with Crippen LogP contribution in [0.5, 0.6) is 0 Å². The van der Waals surface area contributed by atoms with Crippen LogP contribution in [0.4, 0.5) is 4.79 Å². The largest absolute Gasteiger partial charge is 0.475 e. The van der Waals surface area contributed by atoms with E-state index in [4.69, 9.17) is 14.3 Å². The van der Waals surface area contributed by atoms with Gasteiger partial charge in [0.15, 0.2) is 0 Å². The van der Waals surface area contributed by atoms with Crippen LogP contribution in [0.1, 0.15) is 28.0 Å². The van der Waals surface area contributed by atoms with Crippen LogP contribution in [-0.4, -0.2) is 40.0 Å². The molecule has 1 aromatic carbocycles. The molecule has 1 aromatic heterocycles. The van der Waals surface area contributed by atoms with E-state index in [9.17, 15) is 19.8 Å². The zero-order valence-corrected chi connectivity index (χ0v) is 12.6. The van der Waals surface area contributed by atoms with Crippen LogP contribution < -0.4 is 5.32 Å². The van der Waals surface area contributed by atoms with Crippen molar-refractivity contribution < 1.29 is 34.1 Å². The highest BCUT2D eigenvalue weighted by atomic mass is 16.5. The number of aliphatic hydroxyl groups is 2. The minimum absolute atomic E-state index is 0.0749. The van der Waals surface area contributed by atoms with E-state index in [-0.39, 0.29) is 24.7 Å². The molecule has 0 fully saturated rings. The summed E-state index contributed by atoms with van der Waals surface area (Å²) in [6.07, 6.45) is -3.62.